The molecule has 2 aliphatic heterocycles. The third kappa shape index (κ3) is 3.61. The maximum absolute atomic E-state index is 13.6. The fraction of sp³-hybridized carbons (Fsp3) is 0.0645. The van der Waals surface area contributed by atoms with Crippen LogP contribution in [0.15, 0.2) is 102 Å². The van der Waals surface area contributed by atoms with E-state index in [0.717, 1.165) is 56.2 Å². The highest BCUT2D eigenvalue weighted by atomic mass is 19.1. The predicted molar refractivity (Wildman–Crippen MR) is 139 cm³/mol. The van der Waals surface area contributed by atoms with E-state index in [2.05, 4.69) is 22.4 Å². The van der Waals surface area contributed by atoms with Crippen molar-refractivity contribution in [2.75, 3.05) is 11.9 Å². The van der Waals surface area contributed by atoms with E-state index in [0.29, 0.717) is 11.1 Å². The standard InChI is InChI=1S/C31H20F2N2O2/c32-23-11-22(12-24(33)14-23)19-3-1-17(2-4-19)18-5-7-20(8-6-18)29-25-15-26-21(9-10-34-26)13-27(25)35-28-16-37-31(36)30(28)29/h1-15,29,34-35H,16H2. The first-order valence-corrected chi connectivity index (χ1v) is 12.0. The minimum Gasteiger partial charge on any atom is -0.456 e. The van der Waals surface area contributed by atoms with Gasteiger partial charge >= 0.3 is 5.97 Å². The van der Waals surface area contributed by atoms with Crippen LogP contribution in [0.4, 0.5) is 14.5 Å². The van der Waals surface area contributed by atoms with E-state index in [1.54, 1.807) is 0 Å². The first-order valence-electron chi connectivity index (χ1n) is 12.0. The Balaban J connectivity index is 1.25. The molecule has 0 fully saturated rings. The number of hydrogen-bond acceptors (Lipinski definition) is 3. The lowest BCUT2D eigenvalue weighted by Crippen LogP contribution is -2.19. The van der Waals surface area contributed by atoms with Gasteiger partial charge in [-0.25, -0.2) is 13.6 Å². The van der Waals surface area contributed by atoms with Crippen LogP contribution in [0.2, 0.25) is 0 Å². The van der Waals surface area contributed by atoms with Crippen molar-refractivity contribution in [2.24, 2.45) is 0 Å². The number of halogens is 2. The molecule has 0 spiro atoms. The molecule has 0 saturated carbocycles. The van der Waals surface area contributed by atoms with Crippen LogP contribution in [-0.4, -0.2) is 17.6 Å². The number of fused-ring (bicyclic) bond motifs is 2. The summed E-state index contributed by atoms with van der Waals surface area (Å²) >= 11 is 0. The van der Waals surface area contributed by atoms with E-state index in [9.17, 15) is 13.6 Å². The summed E-state index contributed by atoms with van der Waals surface area (Å²) in [4.78, 5) is 16.0. The molecule has 0 amide bonds. The van der Waals surface area contributed by atoms with Crippen LogP contribution >= 0.6 is 0 Å². The van der Waals surface area contributed by atoms with Crippen molar-refractivity contribution in [1.29, 1.82) is 0 Å². The second kappa shape index (κ2) is 8.17. The van der Waals surface area contributed by atoms with Crippen molar-refractivity contribution < 1.29 is 18.3 Å². The van der Waals surface area contributed by atoms with Crippen LogP contribution in [-0.2, 0) is 9.53 Å². The van der Waals surface area contributed by atoms with Gasteiger partial charge in [-0.05, 0) is 63.7 Å². The summed E-state index contributed by atoms with van der Waals surface area (Å²) in [5.74, 6) is -1.74. The number of aromatic nitrogens is 1. The normalized spacial score (nSPS) is 16.4. The summed E-state index contributed by atoms with van der Waals surface area (Å²) in [5.41, 5.74) is 8.67. The van der Waals surface area contributed by atoms with E-state index in [1.165, 1.54) is 12.1 Å². The Hall–Kier alpha value is -4.71. The smallest absolute Gasteiger partial charge is 0.337 e. The molecule has 0 bridgehead atoms. The molecule has 7 rings (SSSR count). The molecule has 37 heavy (non-hydrogen) atoms. The molecule has 0 radical (unpaired) electrons. The topological polar surface area (TPSA) is 54.1 Å². The van der Waals surface area contributed by atoms with Gasteiger partial charge in [-0.1, -0.05) is 48.5 Å². The number of hydrogen-bond donors (Lipinski definition) is 2. The van der Waals surface area contributed by atoms with E-state index in [-0.39, 0.29) is 18.5 Å². The summed E-state index contributed by atoms with van der Waals surface area (Å²) in [6, 6.07) is 25.4. The van der Waals surface area contributed by atoms with E-state index in [4.69, 9.17) is 4.74 Å². The second-order valence-electron chi connectivity index (χ2n) is 9.39. The summed E-state index contributed by atoms with van der Waals surface area (Å²) in [5, 5.41) is 4.50. The number of rotatable bonds is 3. The molecule has 1 unspecified atom stereocenters. The van der Waals surface area contributed by atoms with Gasteiger partial charge < -0.3 is 15.0 Å². The maximum Gasteiger partial charge on any atom is 0.337 e. The molecule has 2 N–H and O–H groups in total. The summed E-state index contributed by atoms with van der Waals surface area (Å²) in [6.45, 7) is 0.245. The zero-order valence-electron chi connectivity index (χ0n) is 19.5. The minimum absolute atomic E-state index is 0.242. The van der Waals surface area contributed by atoms with Crippen LogP contribution < -0.4 is 5.32 Å². The fourth-order valence-electron chi connectivity index (χ4n) is 5.38. The van der Waals surface area contributed by atoms with Crippen LogP contribution in [0, 0.1) is 11.6 Å². The Bertz CT molecular complexity index is 1710. The molecular formula is C31H20F2N2O2. The lowest BCUT2D eigenvalue weighted by atomic mass is 9.80. The van der Waals surface area contributed by atoms with E-state index >= 15 is 0 Å². The summed E-state index contributed by atoms with van der Waals surface area (Å²) < 4.78 is 32.6. The van der Waals surface area contributed by atoms with E-state index < -0.39 is 11.6 Å². The predicted octanol–water partition coefficient (Wildman–Crippen LogP) is 7.15. The quantitative estimate of drug-likeness (QED) is 0.264. The minimum atomic E-state index is -0.601. The van der Waals surface area contributed by atoms with Gasteiger partial charge in [0.2, 0.25) is 0 Å². The zero-order valence-corrected chi connectivity index (χ0v) is 19.5. The number of anilines is 1. The van der Waals surface area contributed by atoms with Crippen LogP contribution in [0.3, 0.4) is 0 Å². The number of benzene rings is 4. The van der Waals surface area contributed by atoms with Gasteiger partial charge in [-0.2, -0.15) is 0 Å². The number of H-pyrrole nitrogens is 1. The summed E-state index contributed by atoms with van der Waals surface area (Å²) in [6.07, 6.45) is 1.91. The second-order valence-corrected chi connectivity index (χ2v) is 9.39. The van der Waals surface area contributed by atoms with Crippen LogP contribution in [0.1, 0.15) is 17.0 Å². The molecule has 6 heteroatoms. The molecule has 3 heterocycles. The number of ether oxygens (including phenoxy) is 1. The van der Waals surface area contributed by atoms with Gasteiger partial charge in [0.05, 0.1) is 11.3 Å². The summed E-state index contributed by atoms with van der Waals surface area (Å²) in [7, 11) is 0. The molecule has 4 nitrogen and oxygen atoms in total. The van der Waals surface area contributed by atoms with Crippen molar-refractivity contribution in [3.63, 3.8) is 0 Å². The average molecular weight is 491 g/mol. The number of carbonyl (C=O) groups is 1. The van der Waals surface area contributed by atoms with Gasteiger partial charge in [0.1, 0.15) is 18.2 Å². The Labute approximate surface area is 211 Å². The number of nitrogens with one attached hydrogen (secondary N) is 2. The van der Waals surface area contributed by atoms with Gasteiger partial charge in [0.25, 0.3) is 0 Å². The van der Waals surface area contributed by atoms with Crippen molar-refractivity contribution in [3.05, 3.63) is 125 Å². The van der Waals surface area contributed by atoms with Crippen molar-refractivity contribution in [2.45, 2.75) is 5.92 Å². The molecule has 0 saturated heterocycles. The number of carbonyl (C=O) groups excluding carboxylic acids is 1. The van der Waals surface area contributed by atoms with E-state index in [1.807, 2.05) is 60.8 Å². The maximum atomic E-state index is 13.6. The third-order valence-electron chi connectivity index (χ3n) is 7.16. The molecule has 2 aliphatic rings. The molecular weight excluding hydrogens is 470 g/mol. The van der Waals surface area contributed by atoms with Crippen LogP contribution in [0.25, 0.3) is 33.2 Å². The van der Waals surface area contributed by atoms with Gasteiger partial charge in [0.15, 0.2) is 0 Å². The molecule has 4 aromatic carbocycles. The zero-order chi connectivity index (χ0) is 25.1. The van der Waals surface area contributed by atoms with Gasteiger partial charge in [0, 0.05) is 34.8 Å². The Morgan fingerprint density at radius 3 is 2.11 bits per heavy atom. The molecule has 1 atom stereocenters. The Morgan fingerprint density at radius 1 is 0.757 bits per heavy atom. The van der Waals surface area contributed by atoms with Gasteiger partial charge in [-0.3, -0.25) is 0 Å². The van der Waals surface area contributed by atoms with Crippen LogP contribution in [0.5, 0.6) is 0 Å². The SMILES string of the molecule is O=C1OCC2=C1C(c1ccc(-c3ccc(-c4cc(F)cc(F)c4)cc3)cc1)c1cc3[nH]ccc3cc1N2. The highest BCUT2D eigenvalue weighted by Crippen LogP contribution is 2.45. The Kier molecular flexibility index (Phi) is 4.76. The molecule has 0 aliphatic carbocycles. The first-order chi connectivity index (χ1) is 18.0. The molecule has 1 aromatic heterocycles. The van der Waals surface area contributed by atoms with Crippen molar-refractivity contribution in [1.82, 2.24) is 4.98 Å². The monoisotopic (exact) mass is 490 g/mol. The number of esters is 1. The molecule has 5 aromatic rings. The van der Waals surface area contributed by atoms with Crippen molar-refractivity contribution >= 4 is 22.6 Å². The Morgan fingerprint density at radius 2 is 1.41 bits per heavy atom. The third-order valence-corrected chi connectivity index (χ3v) is 7.16. The molecule has 180 valence electrons. The number of aromatic amines is 1. The highest BCUT2D eigenvalue weighted by Gasteiger charge is 2.38. The fourth-order valence-corrected chi connectivity index (χ4v) is 5.38. The van der Waals surface area contributed by atoms with Crippen molar-refractivity contribution in [3.8, 4) is 22.3 Å². The lowest BCUT2D eigenvalue weighted by molar-refractivity contribution is -0.136. The highest BCUT2D eigenvalue weighted by molar-refractivity contribution is 5.98. The first kappa shape index (κ1) is 21.6. The number of cyclic esters (lactones) is 1. The average Bonchev–Trinajstić information content (AvgIpc) is 3.51. The largest absolute Gasteiger partial charge is 0.456 e. The van der Waals surface area contributed by atoms with Gasteiger partial charge in [-0.15, -0.1) is 0 Å². The lowest BCUT2D eigenvalue weighted by Gasteiger charge is -2.27.